The summed E-state index contributed by atoms with van der Waals surface area (Å²) in [6, 6.07) is 1.47. The number of aromatic amines is 1. The molecule has 2 nitrogen and oxygen atoms in total. The van der Waals surface area contributed by atoms with Gasteiger partial charge in [-0.25, -0.2) is 4.98 Å². The third kappa shape index (κ3) is 1.89. The first-order valence-corrected chi connectivity index (χ1v) is 2.92. The van der Waals surface area contributed by atoms with Crippen molar-refractivity contribution in [2.45, 2.75) is 13.1 Å². The molecule has 0 aromatic carbocycles. The van der Waals surface area contributed by atoms with Gasteiger partial charge < -0.3 is 0 Å². The molecule has 1 aromatic rings. The number of aryl methyl sites for hydroxylation is 1. The summed E-state index contributed by atoms with van der Waals surface area (Å²) in [6.07, 6.45) is -3.17. The van der Waals surface area contributed by atoms with Gasteiger partial charge in [0.15, 0.2) is 5.69 Å². The lowest BCUT2D eigenvalue weighted by molar-refractivity contribution is -0.432. The van der Waals surface area contributed by atoms with Gasteiger partial charge in [-0.05, 0) is 4.98 Å². The Kier molecular flexibility index (Phi) is 1.80. The van der Waals surface area contributed by atoms with Crippen LogP contribution in [0.4, 0.5) is 13.2 Å². The van der Waals surface area contributed by atoms with Crippen molar-refractivity contribution in [1.29, 1.82) is 0 Å². The molecule has 1 N–H and O–H groups in total. The SMILES string of the molecule is Cc1cc[nH+]c(C(F)(F)F)n1. The van der Waals surface area contributed by atoms with E-state index in [1.165, 1.54) is 19.2 Å². The van der Waals surface area contributed by atoms with Crippen LogP contribution in [0.25, 0.3) is 0 Å². The summed E-state index contributed by atoms with van der Waals surface area (Å²) in [7, 11) is 0. The van der Waals surface area contributed by atoms with Gasteiger partial charge in [0, 0.05) is 13.0 Å². The molecule has 11 heavy (non-hydrogen) atoms. The van der Waals surface area contributed by atoms with E-state index in [0.717, 1.165) is 0 Å². The van der Waals surface area contributed by atoms with Gasteiger partial charge in [-0.3, -0.25) is 0 Å². The zero-order valence-corrected chi connectivity index (χ0v) is 5.74. The minimum Gasteiger partial charge on any atom is -0.240 e. The third-order valence-corrected chi connectivity index (χ3v) is 1.10. The molecular formula is C6H6F3N2+. The second-order valence-corrected chi connectivity index (χ2v) is 2.08. The highest BCUT2D eigenvalue weighted by molar-refractivity contribution is 4.95. The van der Waals surface area contributed by atoms with E-state index in [1.807, 2.05) is 4.98 Å². The maximum Gasteiger partial charge on any atom is 0.498 e. The summed E-state index contributed by atoms with van der Waals surface area (Å²) in [5, 5.41) is 0. The predicted octanol–water partition coefficient (Wildman–Crippen LogP) is 1.22. The largest absolute Gasteiger partial charge is 0.498 e. The smallest absolute Gasteiger partial charge is 0.240 e. The average Bonchev–Trinajstić information content (AvgIpc) is 1.86. The van der Waals surface area contributed by atoms with Crippen LogP contribution < -0.4 is 4.98 Å². The fraction of sp³-hybridized carbons (Fsp3) is 0.333. The van der Waals surface area contributed by atoms with Gasteiger partial charge in [0.25, 0.3) is 0 Å². The summed E-state index contributed by atoms with van der Waals surface area (Å²) in [4.78, 5) is 5.28. The molecule has 0 aliphatic carbocycles. The second kappa shape index (κ2) is 2.48. The maximum absolute atomic E-state index is 11.9. The number of hydrogen-bond acceptors (Lipinski definition) is 1. The third-order valence-electron chi connectivity index (χ3n) is 1.10. The van der Waals surface area contributed by atoms with Crippen molar-refractivity contribution in [3.8, 4) is 0 Å². The molecule has 60 valence electrons. The monoisotopic (exact) mass is 163 g/mol. The summed E-state index contributed by atoms with van der Waals surface area (Å²) in [5.74, 6) is -0.961. The van der Waals surface area contributed by atoms with E-state index in [0.29, 0.717) is 5.69 Å². The van der Waals surface area contributed by atoms with Crippen molar-refractivity contribution in [3.05, 3.63) is 23.8 Å². The molecule has 0 fully saturated rings. The van der Waals surface area contributed by atoms with Crippen LogP contribution in [0.1, 0.15) is 11.5 Å². The van der Waals surface area contributed by atoms with Gasteiger partial charge in [-0.2, -0.15) is 13.2 Å². The minimum absolute atomic E-state index is 0.344. The van der Waals surface area contributed by atoms with Crippen LogP contribution in [0.3, 0.4) is 0 Å². The lowest BCUT2D eigenvalue weighted by Crippen LogP contribution is -2.23. The number of aromatic nitrogens is 2. The first-order chi connectivity index (χ1) is 5.00. The molecule has 1 heterocycles. The Morgan fingerprint density at radius 2 is 2.09 bits per heavy atom. The van der Waals surface area contributed by atoms with Gasteiger partial charge >= 0.3 is 12.0 Å². The van der Waals surface area contributed by atoms with Crippen molar-refractivity contribution < 1.29 is 18.2 Å². The molecule has 0 unspecified atom stereocenters. The molecule has 0 atom stereocenters. The Morgan fingerprint density at radius 3 is 2.45 bits per heavy atom. The average molecular weight is 163 g/mol. The normalized spacial score (nSPS) is 11.6. The van der Waals surface area contributed by atoms with Crippen LogP contribution in [0.2, 0.25) is 0 Å². The number of alkyl halides is 3. The molecule has 1 aromatic heterocycles. The first-order valence-electron chi connectivity index (χ1n) is 2.92. The molecule has 0 aliphatic rings. The molecule has 0 saturated heterocycles. The van der Waals surface area contributed by atoms with Crippen LogP contribution >= 0.6 is 0 Å². The highest BCUT2D eigenvalue weighted by Crippen LogP contribution is 2.23. The molecule has 0 aliphatic heterocycles. The Labute approximate surface area is 61.1 Å². The number of nitrogens with one attached hydrogen (secondary N) is 1. The summed E-state index contributed by atoms with van der Waals surface area (Å²) < 4.78 is 35.6. The fourth-order valence-electron chi connectivity index (χ4n) is 0.632. The van der Waals surface area contributed by atoms with Crippen LogP contribution in [-0.4, -0.2) is 4.98 Å². The van der Waals surface area contributed by atoms with E-state index in [2.05, 4.69) is 4.98 Å². The Balaban J connectivity index is 3.06. The maximum atomic E-state index is 11.9. The molecule has 0 saturated carbocycles. The first kappa shape index (κ1) is 7.97. The second-order valence-electron chi connectivity index (χ2n) is 2.08. The van der Waals surface area contributed by atoms with Crippen LogP contribution in [0, 0.1) is 6.92 Å². The zero-order chi connectivity index (χ0) is 8.48. The van der Waals surface area contributed by atoms with Crippen molar-refractivity contribution in [2.24, 2.45) is 0 Å². The molecule has 0 spiro atoms. The highest BCUT2D eigenvalue weighted by Gasteiger charge is 2.41. The predicted molar refractivity (Wildman–Crippen MR) is 30.5 cm³/mol. The van der Waals surface area contributed by atoms with E-state index in [9.17, 15) is 13.2 Å². The van der Waals surface area contributed by atoms with Crippen LogP contribution in [0.5, 0.6) is 0 Å². The van der Waals surface area contributed by atoms with Gasteiger partial charge in [0.05, 0.1) is 6.20 Å². The van der Waals surface area contributed by atoms with E-state index < -0.39 is 12.0 Å². The van der Waals surface area contributed by atoms with E-state index in [4.69, 9.17) is 0 Å². The van der Waals surface area contributed by atoms with Gasteiger partial charge in [-0.1, -0.05) is 0 Å². The molecule has 0 amide bonds. The molecule has 0 bridgehead atoms. The Bertz CT molecular complexity index is 256. The number of halogens is 3. The standard InChI is InChI=1S/C6H5F3N2/c1-4-2-3-10-5(11-4)6(7,8)9/h2-3H,1H3/p+1. The summed E-state index contributed by atoms with van der Waals surface area (Å²) in [6.45, 7) is 1.50. The minimum atomic E-state index is -4.38. The van der Waals surface area contributed by atoms with E-state index in [1.54, 1.807) is 0 Å². The number of hydrogen-bond donors (Lipinski definition) is 0. The lowest BCUT2D eigenvalue weighted by atomic mass is 10.4. The van der Waals surface area contributed by atoms with Crippen LogP contribution in [0.15, 0.2) is 12.3 Å². The summed E-state index contributed by atoms with van der Waals surface area (Å²) in [5.41, 5.74) is 0.344. The topological polar surface area (TPSA) is 27.0 Å². The van der Waals surface area contributed by atoms with E-state index in [-0.39, 0.29) is 0 Å². The van der Waals surface area contributed by atoms with Crippen LogP contribution in [-0.2, 0) is 6.18 Å². The van der Waals surface area contributed by atoms with Crippen molar-refractivity contribution in [2.75, 3.05) is 0 Å². The number of nitrogens with zero attached hydrogens (tertiary/aromatic N) is 1. The summed E-state index contributed by atoms with van der Waals surface area (Å²) >= 11 is 0. The number of rotatable bonds is 0. The Morgan fingerprint density at radius 1 is 1.45 bits per heavy atom. The fourth-order valence-corrected chi connectivity index (χ4v) is 0.632. The molecule has 5 heteroatoms. The highest BCUT2D eigenvalue weighted by atomic mass is 19.4. The van der Waals surface area contributed by atoms with Gasteiger partial charge in [-0.15, -0.1) is 0 Å². The quantitative estimate of drug-likeness (QED) is 0.565. The number of H-pyrrole nitrogens is 1. The lowest BCUT2D eigenvalue weighted by Gasteiger charge is -1.96. The van der Waals surface area contributed by atoms with E-state index >= 15 is 0 Å². The van der Waals surface area contributed by atoms with Gasteiger partial charge in [0.2, 0.25) is 0 Å². The molecule has 1 rings (SSSR count). The zero-order valence-electron chi connectivity index (χ0n) is 5.74. The van der Waals surface area contributed by atoms with Crippen molar-refractivity contribution >= 4 is 0 Å². The van der Waals surface area contributed by atoms with Gasteiger partial charge in [0.1, 0.15) is 0 Å². The van der Waals surface area contributed by atoms with Crippen molar-refractivity contribution in [3.63, 3.8) is 0 Å². The Hall–Kier alpha value is -1.13. The molecular weight excluding hydrogens is 157 g/mol. The molecule has 0 radical (unpaired) electrons. The van der Waals surface area contributed by atoms with Crippen molar-refractivity contribution in [1.82, 2.24) is 4.98 Å².